The number of ether oxygens (including phenoxy) is 2. The summed E-state index contributed by atoms with van der Waals surface area (Å²) >= 11 is 0. The molecule has 0 spiro atoms. The van der Waals surface area contributed by atoms with Gasteiger partial charge in [0.2, 0.25) is 0 Å². The standard InChI is InChI=1S/C18H16N2O4/c1-23-14-9-7-13(8-10-14)19-16(21)15-11-24-17(20(15)18(19)22)12-5-3-2-4-6-12/h2-10,15,17H,11H2,1H3/t15-,17?/m1/s1. The third kappa shape index (κ3) is 2.15. The zero-order valence-corrected chi connectivity index (χ0v) is 13.1. The van der Waals surface area contributed by atoms with Gasteiger partial charge in [-0.25, -0.2) is 9.69 Å². The zero-order valence-electron chi connectivity index (χ0n) is 13.1. The van der Waals surface area contributed by atoms with Gasteiger partial charge in [-0.1, -0.05) is 30.3 Å². The van der Waals surface area contributed by atoms with Gasteiger partial charge in [-0.05, 0) is 24.3 Å². The lowest BCUT2D eigenvalue weighted by Crippen LogP contribution is -2.34. The number of fused-ring (bicyclic) bond motifs is 1. The molecule has 122 valence electrons. The minimum Gasteiger partial charge on any atom is -0.497 e. The molecule has 1 unspecified atom stereocenters. The second kappa shape index (κ2) is 5.65. The lowest BCUT2D eigenvalue weighted by molar-refractivity contribution is -0.119. The Morgan fingerprint density at radius 2 is 1.75 bits per heavy atom. The molecule has 2 aliphatic rings. The van der Waals surface area contributed by atoms with Crippen molar-refractivity contribution in [1.29, 1.82) is 0 Å². The van der Waals surface area contributed by atoms with Crippen LogP contribution in [0, 0.1) is 0 Å². The highest BCUT2D eigenvalue weighted by atomic mass is 16.5. The molecule has 2 aromatic carbocycles. The van der Waals surface area contributed by atoms with Gasteiger partial charge in [0.1, 0.15) is 11.8 Å². The van der Waals surface area contributed by atoms with E-state index in [1.807, 2.05) is 30.3 Å². The van der Waals surface area contributed by atoms with Crippen LogP contribution in [0.25, 0.3) is 0 Å². The predicted octanol–water partition coefficient (Wildman–Crippen LogP) is 2.56. The van der Waals surface area contributed by atoms with Crippen molar-refractivity contribution in [2.45, 2.75) is 12.3 Å². The molecule has 0 saturated carbocycles. The second-order valence-electron chi connectivity index (χ2n) is 5.67. The fourth-order valence-electron chi connectivity index (χ4n) is 3.13. The van der Waals surface area contributed by atoms with E-state index in [0.29, 0.717) is 11.4 Å². The summed E-state index contributed by atoms with van der Waals surface area (Å²) in [6, 6.07) is 15.4. The Hall–Kier alpha value is -2.86. The lowest BCUT2D eigenvalue weighted by Gasteiger charge is -2.22. The number of imide groups is 1. The number of rotatable bonds is 3. The molecule has 6 nitrogen and oxygen atoms in total. The summed E-state index contributed by atoms with van der Waals surface area (Å²) in [6.07, 6.45) is -0.532. The van der Waals surface area contributed by atoms with Gasteiger partial charge in [-0.3, -0.25) is 9.69 Å². The highest BCUT2D eigenvalue weighted by Crippen LogP contribution is 2.38. The number of carbonyl (C=O) groups excluding carboxylic acids is 2. The van der Waals surface area contributed by atoms with E-state index in [1.165, 1.54) is 9.80 Å². The predicted molar refractivity (Wildman–Crippen MR) is 86.6 cm³/mol. The minimum absolute atomic E-state index is 0.205. The summed E-state index contributed by atoms with van der Waals surface area (Å²) < 4.78 is 10.8. The monoisotopic (exact) mass is 324 g/mol. The molecule has 6 heteroatoms. The number of methoxy groups -OCH3 is 1. The Morgan fingerprint density at radius 3 is 2.42 bits per heavy atom. The topological polar surface area (TPSA) is 59.1 Å². The van der Waals surface area contributed by atoms with Gasteiger partial charge in [0.25, 0.3) is 5.91 Å². The number of anilines is 1. The highest BCUT2D eigenvalue weighted by Gasteiger charge is 2.53. The first-order chi connectivity index (χ1) is 11.7. The SMILES string of the molecule is COc1ccc(N2C(=O)[C@H]3COC(c4ccccc4)N3C2=O)cc1. The van der Waals surface area contributed by atoms with Crippen LogP contribution in [-0.4, -0.2) is 36.6 Å². The maximum atomic E-state index is 12.9. The zero-order chi connectivity index (χ0) is 16.7. The van der Waals surface area contributed by atoms with Crippen LogP contribution in [0.5, 0.6) is 5.75 Å². The van der Waals surface area contributed by atoms with Crippen molar-refractivity contribution in [2.24, 2.45) is 0 Å². The average Bonchev–Trinajstić information content (AvgIpc) is 3.17. The van der Waals surface area contributed by atoms with Crippen LogP contribution >= 0.6 is 0 Å². The Kier molecular flexibility index (Phi) is 3.46. The second-order valence-corrected chi connectivity index (χ2v) is 5.67. The van der Waals surface area contributed by atoms with E-state index in [9.17, 15) is 9.59 Å². The van der Waals surface area contributed by atoms with Gasteiger partial charge in [-0.15, -0.1) is 0 Å². The number of hydrogen-bond acceptors (Lipinski definition) is 4. The largest absolute Gasteiger partial charge is 0.497 e. The van der Waals surface area contributed by atoms with E-state index in [2.05, 4.69) is 0 Å². The summed E-state index contributed by atoms with van der Waals surface area (Å²) in [7, 11) is 1.57. The normalized spacial score (nSPS) is 22.9. The van der Waals surface area contributed by atoms with E-state index < -0.39 is 12.3 Å². The number of nitrogens with zero attached hydrogens (tertiary/aromatic N) is 2. The first-order valence-electron chi connectivity index (χ1n) is 7.67. The number of carbonyl (C=O) groups is 2. The van der Waals surface area contributed by atoms with Crippen molar-refractivity contribution < 1.29 is 19.1 Å². The van der Waals surface area contributed by atoms with Crippen LogP contribution in [0.15, 0.2) is 54.6 Å². The fourth-order valence-corrected chi connectivity index (χ4v) is 3.13. The Morgan fingerprint density at radius 1 is 1.04 bits per heavy atom. The van der Waals surface area contributed by atoms with Crippen molar-refractivity contribution in [3.63, 3.8) is 0 Å². The fraction of sp³-hybridized carbons (Fsp3) is 0.222. The third-order valence-corrected chi connectivity index (χ3v) is 4.33. The first kappa shape index (κ1) is 14.7. The van der Waals surface area contributed by atoms with Crippen LogP contribution in [0.3, 0.4) is 0 Å². The van der Waals surface area contributed by atoms with Gasteiger partial charge in [-0.2, -0.15) is 0 Å². The quantitative estimate of drug-likeness (QED) is 0.814. The van der Waals surface area contributed by atoms with Crippen LogP contribution < -0.4 is 9.64 Å². The number of amides is 3. The van der Waals surface area contributed by atoms with Gasteiger partial charge in [0, 0.05) is 5.56 Å². The van der Waals surface area contributed by atoms with E-state index in [1.54, 1.807) is 31.4 Å². The van der Waals surface area contributed by atoms with E-state index in [4.69, 9.17) is 9.47 Å². The number of hydrogen-bond donors (Lipinski definition) is 0. The molecule has 0 bridgehead atoms. The minimum atomic E-state index is -0.579. The molecule has 0 aliphatic carbocycles. The Balaban J connectivity index is 1.66. The van der Waals surface area contributed by atoms with E-state index in [-0.39, 0.29) is 18.5 Å². The van der Waals surface area contributed by atoms with E-state index >= 15 is 0 Å². The van der Waals surface area contributed by atoms with Crippen molar-refractivity contribution in [2.75, 3.05) is 18.6 Å². The first-order valence-corrected chi connectivity index (χ1v) is 7.67. The summed E-state index contributed by atoms with van der Waals surface area (Å²) in [5, 5.41) is 0. The van der Waals surface area contributed by atoms with Crippen molar-refractivity contribution in [3.05, 3.63) is 60.2 Å². The van der Waals surface area contributed by atoms with Crippen LogP contribution in [0.2, 0.25) is 0 Å². The van der Waals surface area contributed by atoms with E-state index in [0.717, 1.165) is 5.56 Å². The maximum Gasteiger partial charge on any atom is 0.334 e. The molecule has 0 N–H and O–H groups in total. The molecule has 2 atom stereocenters. The van der Waals surface area contributed by atoms with Gasteiger partial charge in [0.15, 0.2) is 6.23 Å². The summed E-state index contributed by atoms with van der Waals surface area (Å²) in [4.78, 5) is 28.3. The molecule has 2 aliphatic heterocycles. The summed E-state index contributed by atoms with van der Waals surface area (Å²) in [6.45, 7) is 0.205. The van der Waals surface area contributed by atoms with Gasteiger partial charge < -0.3 is 9.47 Å². The molecule has 4 rings (SSSR count). The smallest absolute Gasteiger partial charge is 0.334 e. The molecular weight excluding hydrogens is 308 g/mol. The Bertz CT molecular complexity index is 775. The summed E-state index contributed by atoms with van der Waals surface area (Å²) in [5.41, 5.74) is 1.39. The average molecular weight is 324 g/mol. The number of urea groups is 1. The lowest BCUT2D eigenvalue weighted by atomic mass is 10.2. The summed E-state index contributed by atoms with van der Waals surface area (Å²) in [5.74, 6) is 0.410. The van der Waals surface area contributed by atoms with Crippen molar-refractivity contribution >= 4 is 17.6 Å². The molecule has 3 amide bonds. The van der Waals surface area contributed by atoms with Crippen molar-refractivity contribution in [3.8, 4) is 5.75 Å². The van der Waals surface area contributed by atoms with Gasteiger partial charge >= 0.3 is 6.03 Å². The molecular formula is C18H16N2O4. The van der Waals surface area contributed by atoms with Crippen LogP contribution in [-0.2, 0) is 9.53 Å². The molecule has 2 aromatic rings. The third-order valence-electron chi connectivity index (χ3n) is 4.33. The van der Waals surface area contributed by atoms with Crippen LogP contribution in [0.1, 0.15) is 11.8 Å². The number of benzene rings is 2. The van der Waals surface area contributed by atoms with Crippen molar-refractivity contribution in [1.82, 2.24) is 4.90 Å². The Labute approximate surface area is 139 Å². The molecule has 2 fully saturated rings. The molecule has 2 saturated heterocycles. The van der Waals surface area contributed by atoms with Gasteiger partial charge in [0.05, 0.1) is 19.4 Å². The molecule has 0 aromatic heterocycles. The molecule has 2 heterocycles. The highest BCUT2D eigenvalue weighted by molar-refractivity contribution is 6.21. The van der Waals surface area contributed by atoms with Crippen LogP contribution in [0.4, 0.5) is 10.5 Å². The molecule has 24 heavy (non-hydrogen) atoms. The molecule has 0 radical (unpaired) electrons. The maximum absolute atomic E-state index is 12.9.